The summed E-state index contributed by atoms with van der Waals surface area (Å²) in [6.45, 7) is 0. The molecule has 2 heteroatoms. The third-order valence-corrected chi connectivity index (χ3v) is 12.0. The van der Waals surface area contributed by atoms with E-state index in [1.54, 1.807) is 0 Å². The van der Waals surface area contributed by atoms with Gasteiger partial charge in [0.05, 0.1) is 14.2 Å². The molecule has 2 aromatic rings. The van der Waals surface area contributed by atoms with Crippen molar-refractivity contribution in [2.24, 2.45) is 47.3 Å². The van der Waals surface area contributed by atoms with Crippen LogP contribution in [0.2, 0.25) is 0 Å². The van der Waals surface area contributed by atoms with Gasteiger partial charge in [-0.2, -0.15) is 0 Å². The zero-order chi connectivity index (χ0) is 24.0. The summed E-state index contributed by atoms with van der Waals surface area (Å²) in [6.07, 6.45) is 14.6. The minimum absolute atomic E-state index is 0.690. The molecule has 10 rings (SSSR count). The van der Waals surface area contributed by atoms with Crippen LogP contribution in [-0.4, -0.2) is 14.2 Å². The second-order valence-electron chi connectivity index (χ2n) is 13.8. The van der Waals surface area contributed by atoms with Crippen molar-refractivity contribution in [3.63, 3.8) is 0 Å². The molecule has 0 aliphatic heterocycles. The van der Waals surface area contributed by atoms with E-state index < -0.39 is 0 Å². The highest BCUT2D eigenvalue weighted by Gasteiger charge is 2.50. The number of hydrogen-bond acceptors (Lipinski definition) is 2. The lowest BCUT2D eigenvalue weighted by molar-refractivity contribution is -0.00355. The van der Waals surface area contributed by atoms with E-state index in [0.29, 0.717) is 11.8 Å². The molecular weight excluding hydrogens is 440 g/mol. The molecule has 8 aliphatic rings. The van der Waals surface area contributed by atoms with E-state index in [9.17, 15) is 0 Å². The van der Waals surface area contributed by atoms with Crippen LogP contribution in [0.5, 0.6) is 11.5 Å². The largest absolute Gasteiger partial charge is 0.496 e. The maximum Gasteiger partial charge on any atom is 0.122 e. The van der Waals surface area contributed by atoms with E-state index >= 15 is 0 Å². The van der Waals surface area contributed by atoms with Gasteiger partial charge < -0.3 is 9.47 Å². The van der Waals surface area contributed by atoms with Crippen LogP contribution < -0.4 is 9.47 Å². The number of benzene rings is 2. The molecule has 2 nitrogen and oxygen atoms in total. The molecule has 0 amide bonds. The summed E-state index contributed by atoms with van der Waals surface area (Å²) < 4.78 is 12.0. The van der Waals surface area contributed by atoms with Gasteiger partial charge in [0.15, 0.2) is 0 Å². The van der Waals surface area contributed by atoms with Gasteiger partial charge in [-0.25, -0.2) is 0 Å². The van der Waals surface area contributed by atoms with Crippen molar-refractivity contribution in [2.45, 2.75) is 76.0 Å². The van der Waals surface area contributed by atoms with E-state index in [-0.39, 0.29) is 0 Å². The van der Waals surface area contributed by atoms with Gasteiger partial charge in [-0.15, -0.1) is 0 Å². The van der Waals surface area contributed by atoms with Crippen LogP contribution in [-0.2, 0) is 0 Å². The van der Waals surface area contributed by atoms with E-state index in [4.69, 9.17) is 9.47 Å². The minimum Gasteiger partial charge on any atom is -0.496 e. The van der Waals surface area contributed by atoms with Crippen LogP contribution >= 0.6 is 0 Å². The first kappa shape index (κ1) is 22.1. The van der Waals surface area contributed by atoms with Crippen molar-refractivity contribution in [3.8, 4) is 22.6 Å². The Morgan fingerprint density at radius 1 is 0.472 bits per heavy atom. The fourth-order valence-corrected chi connectivity index (χ4v) is 11.2. The molecule has 0 heterocycles. The smallest absolute Gasteiger partial charge is 0.122 e. The maximum absolute atomic E-state index is 5.99. The first-order valence-corrected chi connectivity index (χ1v) is 15.0. The molecule has 2 aromatic carbocycles. The molecule has 0 N–H and O–H groups in total. The Labute approximate surface area is 217 Å². The Morgan fingerprint density at radius 3 is 1.11 bits per heavy atom. The van der Waals surface area contributed by atoms with Gasteiger partial charge in [0, 0.05) is 0 Å². The van der Waals surface area contributed by atoms with Crippen molar-refractivity contribution < 1.29 is 9.47 Å². The highest BCUT2D eigenvalue weighted by molar-refractivity contribution is 5.68. The predicted octanol–water partition coefficient (Wildman–Crippen LogP) is 8.45. The molecule has 8 fully saturated rings. The van der Waals surface area contributed by atoms with Crippen molar-refractivity contribution in [1.29, 1.82) is 0 Å². The Balaban J connectivity index is 1.17. The van der Waals surface area contributed by atoms with Gasteiger partial charge >= 0.3 is 0 Å². The van der Waals surface area contributed by atoms with Crippen molar-refractivity contribution in [2.75, 3.05) is 14.2 Å². The quantitative estimate of drug-likeness (QED) is 0.425. The van der Waals surface area contributed by atoms with Gasteiger partial charge in [0.25, 0.3) is 0 Å². The van der Waals surface area contributed by atoms with Gasteiger partial charge in [-0.3, -0.25) is 0 Å². The van der Waals surface area contributed by atoms with Gasteiger partial charge in [-0.05, 0) is 170 Å². The number of methoxy groups -OCH3 is 2. The van der Waals surface area contributed by atoms with Crippen LogP contribution in [0, 0.1) is 47.3 Å². The first-order valence-electron chi connectivity index (χ1n) is 15.0. The lowest BCUT2D eigenvalue weighted by atomic mass is 9.50. The molecule has 0 saturated heterocycles. The lowest BCUT2D eigenvalue weighted by Gasteiger charge is -2.55. The predicted molar refractivity (Wildman–Crippen MR) is 145 cm³/mol. The summed E-state index contributed by atoms with van der Waals surface area (Å²) in [5, 5.41) is 0. The molecular formula is C34H42O2. The Morgan fingerprint density at radius 2 is 0.806 bits per heavy atom. The van der Waals surface area contributed by atoms with Gasteiger partial charge in [0.1, 0.15) is 11.5 Å². The van der Waals surface area contributed by atoms with Gasteiger partial charge in [-0.1, -0.05) is 12.1 Å². The molecule has 190 valence electrons. The summed E-state index contributed by atoms with van der Waals surface area (Å²) in [5.74, 6) is 11.1. The van der Waals surface area contributed by atoms with Crippen molar-refractivity contribution in [3.05, 3.63) is 47.5 Å². The Bertz CT molecular complexity index is 1020. The molecule has 8 bridgehead atoms. The fourth-order valence-electron chi connectivity index (χ4n) is 11.2. The van der Waals surface area contributed by atoms with E-state index in [1.165, 1.54) is 86.5 Å². The topological polar surface area (TPSA) is 18.5 Å². The first-order chi connectivity index (χ1) is 17.7. The monoisotopic (exact) mass is 482 g/mol. The average molecular weight is 483 g/mol. The highest BCUT2D eigenvalue weighted by atomic mass is 16.5. The Kier molecular flexibility index (Phi) is 5.07. The maximum atomic E-state index is 5.99. The van der Waals surface area contributed by atoms with E-state index in [1.807, 2.05) is 14.2 Å². The van der Waals surface area contributed by atoms with Crippen LogP contribution in [0.1, 0.15) is 87.2 Å². The molecule has 8 saturated carbocycles. The van der Waals surface area contributed by atoms with Crippen LogP contribution in [0.25, 0.3) is 11.1 Å². The van der Waals surface area contributed by atoms with Crippen LogP contribution in [0.3, 0.4) is 0 Å². The molecule has 0 radical (unpaired) electrons. The van der Waals surface area contributed by atoms with Crippen molar-refractivity contribution in [1.82, 2.24) is 0 Å². The number of hydrogen-bond donors (Lipinski definition) is 0. The third kappa shape index (κ3) is 3.35. The number of rotatable bonds is 5. The molecule has 36 heavy (non-hydrogen) atoms. The van der Waals surface area contributed by atoms with Crippen LogP contribution in [0.15, 0.2) is 36.4 Å². The second kappa shape index (κ2) is 8.27. The normalized spacial score (nSPS) is 41.6. The highest BCUT2D eigenvalue weighted by Crippen LogP contribution is 2.62. The molecule has 0 unspecified atom stereocenters. The number of ether oxygens (including phenoxy) is 2. The molecule has 0 aromatic heterocycles. The zero-order valence-corrected chi connectivity index (χ0v) is 22.1. The SMILES string of the molecule is COc1ccc(-c2ccc(OC)c(C3C4CC5CC(C4)CC3C5)c2)cc1C1C2CC3CC(C2)CC1C3. The summed E-state index contributed by atoms with van der Waals surface area (Å²) in [7, 11) is 3.74. The molecule has 0 atom stereocenters. The molecule has 8 aliphatic carbocycles. The minimum atomic E-state index is 0.690. The summed E-state index contributed by atoms with van der Waals surface area (Å²) in [4.78, 5) is 0. The summed E-state index contributed by atoms with van der Waals surface area (Å²) >= 11 is 0. The summed E-state index contributed by atoms with van der Waals surface area (Å²) in [6, 6.07) is 14.2. The molecule has 0 spiro atoms. The average Bonchev–Trinajstić information content (AvgIpc) is 2.87. The van der Waals surface area contributed by atoms with E-state index in [0.717, 1.165) is 58.8 Å². The standard InChI is InChI=1S/C34H42O2/c1-35-31-5-3-23(17-29(31)33-25-9-19-7-20(11-25)12-26(33)10-19)24-4-6-32(36-2)30(18-24)34-27-13-21-8-22(15-27)16-28(34)14-21/h3-6,17-22,25-28,33-34H,7-16H2,1-2H3. The van der Waals surface area contributed by atoms with Crippen LogP contribution in [0.4, 0.5) is 0 Å². The van der Waals surface area contributed by atoms with Gasteiger partial charge in [0.2, 0.25) is 0 Å². The fraction of sp³-hybridized carbons (Fsp3) is 0.647. The second-order valence-corrected chi connectivity index (χ2v) is 13.8. The zero-order valence-electron chi connectivity index (χ0n) is 22.1. The summed E-state index contributed by atoms with van der Waals surface area (Å²) in [5.41, 5.74) is 5.73. The van der Waals surface area contributed by atoms with Crippen molar-refractivity contribution >= 4 is 0 Å². The third-order valence-electron chi connectivity index (χ3n) is 12.0. The Hall–Kier alpha value is -1.96. The lowest BCUT2D eigenvalue weighted by Crippen LogP contribution is -2.43. The van der Waals surface area contributed by atoms with E-state index in [2.05, 4.69) is 36.4 Å².